The van der Waals surface area contributed by atoms with Crippen LogP contribution in [0.4, 0.5) is 13.2 Å². The first-order chi connectivity index (χ1) is 7.37. The van der Waals surface area contributed by atoms with Gasteiger partial charge in [0.05, 0.1) is 12.8 Å². The number of nitrogens with zero attached hydrogens (tertiary/aromatic N) is 1. The topological polar surface area (TPSA) is 51.6 Å². The molecule has 0 bridgehead atoms. The minimum absolute atomic E-state index is 0.170. The Morgan fingerprint density at radius 1 is 1.50 bits per heavy atom. The third-order valence-corrected chi connectivity index (χ3v) is 2.10. The van der Waals surface area contributed by atoms with Crippen LogP contribution in [0.25, 0.3) is 0 Å². The Bertz CT molecular complexity index is 384. The first-order valence-electron chi connectivity index (χ1n) is 3.96. The molecule has 0 saturated heterocycles. The third-order valence-electron chi connectivity index (χ3n) is 1.57. The summed E-state index contributed by atoms with van der Waals surface area (Å²) in [6.45, 7) is 0. The molecule has 0 aliphatic carbocycles. The molecule has 0 spiro atoms. The summed E-state index contributed by atoms with van der Waals surface area (Å²) in [5.41, 5.74) is 0.194. The van der Waals surface area contributed by atoms with Gasteiger partial charge in [0.2, 0.25) is 0 Å². The zero-order chi connectivity index (χ0) is 12.3. The zero-order valence-electron chi connectivity index (χ0n) is 8.01. The van der Waals surface area contributed by atoms with Gasteiger partial charge in [-0.1, -0.05) is 15.9 Å². The molecule has 1 aromatic heterocycles. The standard InChI is InChI=1S/C8H7BrF3NO3/c1-15-6-2-5(14)7(13-4(6)3-9)16-8(10,11)12/h2,14H,3H2,1H3. The van der Waals surface area contributed by atoms with Gasteiger partial charge in [0.25, 0.3) is 5.88 Å². The Morgan fingerprint density at radius 2 is 2.12 bits per heavy atom. The Labute approximate surface area is 97.1 Å². The van der Waals surface area contributed by atoms with E-state index in [4.69, 9.17) is 4.74 Å². The highest BCUT2D eigenvalue weighted by Gasteiger charge is 2.33. The Kier molecular flexibility index (Phi) is 3.84. The minimum Gasteiger partial charge on any atom is -0.503 e. The summed E-state index contributed by atoms with van der Waals surface area (Å²) in [6, 6.07) is 1.00. The highest BCUT2D eigenvalue weighted by Crippen LogP contribution is 2.34. The summed E-state index contributed by atoms with van der Waals surface area (Å²) in [7, 11) is 1.31. The summed E-state index contributed by atoms with van der Waals surface area (Å²) in [5.74, 6) is -1.47. The maximum atomic E-state index is 11.9. The molecule has 0 aromatic carbocycles. The molecule has 0 unspecified atom stereocenters. The molecular weight excluding hydrogens is 295 g/mol. The Hall–Kier alpha value is -1.18. The fourth-order valence-electron chi connectivity index (χ4n) is 0.961. The van der Waals surface area contributed by atoms with Crippen LogP contribution in [0.2, 0.25) is 0 Å². The monoisotopic (exact) mass is 301 g/mol. The second-order valence-corrected chi connectivity index (χ2v) is 3.20. The van der Waals surface area contributed by atoms with Crippen LogP contribution in [0, 0.1) is 0 Å². The molecule has 0 radical (unpaired) electrons. The average molecular weight is 302 g/mol. The maximum absolute atomic E-state index is 11.9. The van der Waals surface area contributed by atoms with Gasteiger partial charge < -0.3 is 14.6 Å². The summed E-state index contributed by atoms with van der Waals surface area (Å²) >= 11 is 3.03. The maximum Gasteiger partial charge on any atom is 0.574 e. The molecule has 90 valence electrons. The van der Waals surface area contributed by atoms with Crippen LogP contribution in [0.1, 0.15) is 5.69 Å². The molecule has 0 saturated carbocycles. The molecule has 1 N–H and O–H groups in total. The van der Waals surface area contributed by atoms with Crippen molar-refractivity contribution in [2.75, 3.05) is 7.11 Å². The molecule has 16 heavy (non-hydrogen) atoms. The lowest BCUT2D eigenvalue weighted by atomic mass is 10.3. The van der Waals surface area contributed by atoms with Crippen LogP contribution < -0.4 is 9.47 Å². The highest BCUT2D eigenvalue weighted by molar-refractivity contribution is 9.08. The zero-order valence-corrected chi connectivity index (χ0v) is 9.59. The Morgan fingerprint density at radius 3 is 2.56 bits per heavy atom. The van der Waals surface area contributed by atoms with E-state index in [1.54, 1.807) is 0 Å². The predicted octanol–water partition coefficient (Wildman–Crippen LogP) is 2.59. The summed E-state index contributed by atoms with van der Waals surface area (Å²) in [6.07, 6.45) is -4.90. The molecule has 1 aromatic rings. The molecule has 1 rings (SSSR count). The van der Waals surface area contributed by atoms with E-state index >= 15 is 0 Å². The lowest BCUT2D eigenvalue weighted by Crippen LogP contribution is -2.18. The highest BCUT2D eigenvalue weighted by atomic mass is 79.9. The quantitative estimate of drug-likeness (QED) is 0.872. The summed E-state index contributed by atoms with van der Waals surface area (Å²) < 4.78 is 44.1. The molecule has 4 nitrogen and oxygen atoms in total. The number of rotatable bonds is 3. The van der Waals surface area contributed by atoms with E-state index in [-0.39, 0.29) is 16.8 Å². The first-order valence-corrected chi connectivity index (χ1v) is 5.08. The largest absolute Gasteiger partial charge is 0.574 e. The van der Waals surface area contributed by atoms with Crippen LogP contribution in [-0.4, -0.2) is 23.6 Å². The number of methoxy groups -OCH3 is 1. The van der Waals surface area contributed by atoms with Crippen molar-refractivity contribution in [1.29, 1.82) is 0 Å². The SMILES string of the molecule is COc1cc(O)c(OC(F)(F)F)nc1CBr. The number of hydrogen-bond donors (Lipinski definition) is 1. The van der Waals surface area contributed by atoms with Crippen molar-refractivity contribution in [3.8, 4) is 17.4 Å². The average Bonchev–Trinajstić information content (AvgIpc) is 2.18. The molecule has 0 atom stereocenters. The van der Waals surface area contributed by atoms with Crippen molar-refractivity contribution in [2.45, 2.75) is 11.7 Å². The number of aromatic hydroxyl groups is 1. The van der Waals surface area contributed by atoms with E-state index in [1.807, 2.05) is 0 Å². The Balaban J connectivity index is 3.11. The molecule has 1 heterocycles. The van der Waals surface area contributed by atoms with Crippen LogP contribution in [-0.2, 0) is 5.33 Å². The lowest BCUT2D eigenvalue weighted by Gasteiger charge is -2.12. The van der Waals surface area contributed by atoms with Crippen LogP contribution >= 0.6 is 15.9 Å². The summed E-state index contributed by atoms with van der Waals surface area (Å²) in [5, 5.41) is 9.39. The van der Waals surface area contributed by atoms with Gasteiger partial charge in [0.15, 0.2) is 5.75 Å². The van der Waals surface area contributed by atoms with Crippen molar-refractivity contribution in [3.63, 3.8) is 0 Å². The molecule has 0 aliphatic rings. The van der Waals surface area contributed by atoms with Gasteiger partial charge >= 0.3 is 6.36 Å². The number of pyridine rings is 1. The van der Waals surface area contributed by atoms with Crippen molar-refractivity contribution in [2.24, 2.45) is 0 Å². The van der Waals surface area contributed by atoms with Crippen molar-refractivity contribution < 1.29 is 27.8 Å². The molecular formula is C8H7BrF3NO3. The van der Waals surface area contributed by atoms with Gasteiger partial charge in [-0.2, -0.15) is 0 Å². The van der Waals surface area contributed by atoms with Crippen molar-refractivity contribution >= 4 is 15.9 Å². The second kappa shape index (κ2) is 4.77. The van der Waals surface area contributed by atoms with E-state index in [0.717, 1.165) is 6.07 Å². The fraction of sp³-hybridized carbons (Fsp3) is 0.375. The number of aromatic nitrogens is 1. The van der Waals surface area contributed by atoms with Gasteiger partial charge in [-0.25, -0.2) is 4.98 Å². The van der Waals surface area contributed by atoms with E-state index < -0.39 is 18.0 Å². The lowest BCUT2D eigenvalue weighted by molar-refractivity contribution is -0.276. The number of ether oxygens (including phenoxy) is 2. The molecule has 0 fully saturated rings. The van der Waals surface area contributed by atoms with Crippen molar-refractivity contribution in [3.05, 3.63) is 11.8 Å². The van der Waals surface area contributed by atoms with E-state index in [1.165, 1.54) is 7.11 Å². The third kappa shape index (κ3) is 3.16. The van der Waals surface area contributed by atoms with Gasteiger partial charge in [-0.15, -0.1) is 13.2 Å². The first kappa shape index (κ1) is 12.9. The van der Waals surface area contributed by atoms with Gasteiger partial charge in [0.1, 0.15) is 5.75 Å². The van der Waals surface area contributed by atoms with Gasteiger partial charge in [0, 0.05) is 11.4 Å². The molecule has 8 heteroatoms. The second-order valence-electron chi connectivity index (χ2n) is 2.64. The van der Waals surface area contributed by atoms with E-state index in [9.17, 15) is 18.3 Å². The number of hydrogen-bond acceptors (Lipinski definition) is 4. The number of alkyl halides is 4. The molecule has 0 amide bonds. The fourth-order valence-corrected chi connectivity index (χ4v) is 1.36. The number of halogens is 4. The minimum atomic E-state index is -4.90. The van der Waals surface area contributed by atoms with Gasteiger partial charge in [-0.05, 0) is 0 Å². The van der Waals surface area contributed by atoms with E-state index in [0.29, 0.717) is 0 Å². The molecule has 0 aliphatic heterocycles. The van der Waals surface area contributed by atoms with Gasteiger partial charge in [-0.3, -0.25) is 0 Å². The van der Waals surface area contributed by atoms with Crippen LogP contribution in [0.15, 0.2) is 6.07 Å². The smallest absolute Gasteiger partial charge is 0.503 e. The normalized spacial score (nSPS) is 11.3. The van der Waals surface area contributed by atoms with E-state index in [2.05, 4.69) is 25.7 Å². The van der Waals surface area contributed by atoms with Crippen molar-refractivity contribution in [1.82, 2.24) is 4.98 Å². The summed E-state index contributed by atoms with van der Waals surface area (Å²) in [4.78, 5) is 3.48. The van der Waals surface area contributed by atoms with Crippen LogP contribution in [0.5, 0.6) is 17.4 Å². The van der Waals surface area contributed by atoms with Crippen LogP contribution in [0.3, 0.4) is 0 Å². The predicted molar refractivity (Wildman–Crippen MR) is 51.8 cm³/mol.